The largest absolute Gasteiger partial charge is 0.364 e. The van der Waals surface area contributed by atoms with Gasteiger partial charge in [-0.15, -0.1) is 10.2 Å². The van der Waals surface area contributed by atoms with Gasteiger partial charge in [-0.05, 0) is 37.8 Å². The highest BCUT2D eigenvalue weighted by atomic mass is 16.1. The number of nitrogens with zero attached hydrogens (tertiary/aromatic N) is 3. The second kappa shape index (κ2) is 5.12. The molecule has 1 aliphatic heterocycles. The van der Waals surface area contributed by atoms with Crippen molar-refractivity contribution in [2.75, 3.05) is 11.4 Å². The molecule has 1 aliphatic rings. The van der Waals surface area contributed by atoms with E-state index in [0.29, 0.717) is 6.04 Å². The molecule has 2 rings (SSSR count). The molecule has 0 saturated carbocycles. The number of carbonyl (C=O) groups excluding carboxylic acids is 1. The average Bonchev–Trinajstić information content (AvgIpc) is 2.39. The van der Waals surface area contributed by atoms with Crippen LogP contribution in [-0.4, -0.2) is 28.7 Å². The normalized spacial score (nSPS) is 20.3. The molecule has 0 bridgehead atoms. The number of aromatic nitrogens is 2. The van der Waals surface area contributed by atoms with E-state index in [1.807, 2.05) is 6.07 Å². The van der Waals surface area contributed by atoms with Crippen LogP contribution in [0.5, 0.6) is 0 Å². The van der Waals surface area contributed by atoms with E-state index in [2.05, 4.69) is 22.0 Å². The summed E-state index contributed by atoms with van der Waals surface area (Å²) in [7, 11) is 0. The van der Waals surface area contributed by atoms with Crippen molar-refractivity contribution in [1.82, 2.24) is 10.2 Å². The van der Waals surface area contributed by atoms with E-state index in [9.17, 15) is 4.79 Å². The summed E-state index contributed by atoms with van der Waals surface area (Å²) >= 11 is 0. The van der Waals surface area contributed by atoms with Gasteiger partial charge < -0.3 is 10.6 Å². The Hall–Kier alpha value is -1.65. The Labute approximate surface area is 101 Å². The highest BCUT2D eigenvalue weighted by molar-refractivity contribution is 5.90. The van der Waals surface area contributed by atoms with Gasteiger partial charge in [0.1, 0.15) is 0 Å². The summed E-state index contributed by atoms with van der Waals surface area (Å²) in [6.45, 7) is 3.21. The highest BCUT2D eigenvalue weighted by Gasteiger charge is 2.22. The molecule has 1 amide bonds. The van der Waals surface area contributed by atoms with Crippen LogP contribution in [-0.2, 0) is 0 Å². The van der Waals surface area contributed by atoms with Gasteiger partial charge in [0, 0.05) is 12.6 Å². The van der Waals surface area contributed by atoms with E-state index in [4.69, 9.17) is 5.73 Å². The van der Waals surface area contributed by atoms with E-state index < -0.39 is 5.91 Å². The minimum Gasteiger partial charge on any atom is -0.364 e. The summed E-state index contributed by atoms with van der Waals surface area (Å²) in [6.07, 6.45) is 4.78. The molecule has 0 aromatic carbocycles. The zero-order valence-corrected chi connectivity index (χ0v) is 10.1. The molecule has 92 valence electrons. The molecule has 0 aliphatic carbocycles. The Morgan fingerprint density at radius 1 is 1.47 bits per heavy atom. The van der Waals surface area contributed by atoms with Crippen molar-refractivity contribution in [1.29, 1.82) is 0 Å². The van der Waals surface area contributed by atoms with Crippen LogP contribution >= 0.6 is 0 Å². The number of amides is 1. The molecule has 1 atom stereocenters. The van der Waals surface area contributed by atoms with Crippen LogP contribution < -0.4 is 10.6 Å². The number of rotatable bonds is 3. The topological polar surface area (TPSA) is 72.1 Å². The first kappa shape index (κ1) is 11.8. The molecule has 1 aromatic heterocycles. The Morgan fingerprint density at radius 2 is 2.29 bits per heavy atom. The van der Waals surface area contributed by atoms with Crippen LogP contribution in [0.1, 0.15) is 43.1 Å². The van der Waals surface area contributed by atoms with Gasteiger partial charge in [-0.25, -0.2) is 0 Å². The number of anilines is 1. The van der Waals surface area contributed by atoms with E-state index in [0.717, 1.165) is 18.8 Å². The molecule has 17 heavy (non-hydrogen) atoms. The summed E-state index contributed by atoms with van der Waals surface area (Å²) in [5, 5.41) is 7.95. The first-order valence-corrected chi connectivity index (χ1v) is 6.12. The van der Waals surface area contributed by atoms with Crippen molar-refractivity contribution in [3.63, 3.8) is 0 Å². The predicted octanol–water partition coefficient (Wildman–Crippen LogP) is 1.34. The van der Waals surface area contributed by atoms with Crippen molar-refractivity contribution in [2.45, 2.75) is 38.6 Å². The lowest BCUT2D eigenvalue weighted by atomic mass is 10.0. The third-order valence-corrected chi connectivity index (χ3v) is 3.30. The van der Waals surface area contributed by atoms with Crippen LogP contribution in [0.3, 0.4) is 0 Å². The van der Waals surface area contributed by atoms with E-state index in [-0.39, 0.29) is 5.69 Å². The number of hydrogen-bond acceptors (Lipinski definition) is 4. The van der Waals surface area contributed by atoms with Crippen LogP contribution in [0.2, 0.25) is 0 Å². The molecule has 1 fully saturated rings. The second-order valence-corrected chi connectivity index (χ2v) is 4.39. The van der Waals surface area contributed by atoms with Gasteiger partial charge in [0.25, 0.3) is 5.91 Å². The van der Waals surface area contributed by atoms with Crippen molar-refractivity contribution in [2.24, 2.45) is 5.73 Å². The third kappa shape index (κ3) is 2.54. The highest BCUT2D eigenvalue weighted by Crippen LogP contribution is 2.24. The second-order valence-electron chi connectivity index (χ2n) is 4.39. The van der Waals surface area contributed by atoms with Crippen molar-refractivity contribution in [3.8, 4) is 0 Å². The lowest BCUT2D eigenvalue weighted by Crippen LogP contribution is -2.39. The monoisotopic (exact) mass is 234 g/mol. The summed E-state index contributed by atoms with van der Waals surface area (Å²) in [6, 6.07) is 4.02. The zero-order valence-electron chi connectivity index (χ0n) is 10.1. The smallest absolute Gasteiger partial charge is 0.269 e. The van der Waals surface area contributed by atoms with Gasteiger partial charge in [-0.2, -0.15) is 0 Å². The summed E-state index contributed by atoms with van der Waals surface area (Å²) in [5.74, 6) is 0.316. The van der Waals surface area contributed by atoms with Crippen molar-refractivity contribution >= 4 is 11.7 Å². The maximum atomic E-state index is 10.9. The molecule has 5 nitrogen and oxygen atoms in total. The van der Waals surface area contributed by atoms with Crippen LogP contribution in [0.15, 0.2) is 12.1 Å². The van der Waals surface area contributed by atoms with Gasteiger partial charge >= 0.3 is 0 Å². The quantitative estimate of drug-likeness (QED) is 0.856. The molecular formula is C12H18N4O. The standard InChI is InChI=1S/C12H18N4O/c1-2-9-5-3-4-8-16(9)11-7-6-10(12(13)17)14-15-11/h6-7,9H,2-5,8H2,1H3,(H2,13,17). The number of primary amides is 1. The Kier molecular flexibility index (Phi) is 3.56. The van der Waals surface area contributed by atoms with Crippen LogP contribution in [0, 0.1) is 0 Å². The average molecular weight is 234 g/mol. The number of piperidine rings is 1. The molecule has 1 aromatic rings. The fraction of sp³-hybridized carbons (Fsp3) is 0.583. The van der Waals surface area contributed by atoms with Crippen LogP contribution in [0.4, 0.5) is 5.82 Å². The molecule has 2 N–H and O–H groups in total. The maximum Gasteiger partial charge on any atom is 0.269 e. The maximum absolute atomic E-state index is 10.9. The fourth-order valence-electron chi connectivity index (χ4n) is 2.34. The summed E-state index contributed by atoms with van der Waals surface area (Å²) in [4.78, 5) is 13.2. The molecule has 1 saturated heterocycles. The fourth-order valence-corrected chi connectivity index (χ4v) is 2.34. The number of carbonyl (C=O) groups is 1. The molecule has 0 radical (unpaired) electrons. The van der Waals surface area contributed by atoms with E-state index in [1.54, 1.807) is 6.07 Å². The molecule has 5 heteroatoms. The van der Waals surface area contributed by atoms with Crippen molar-refractivity contribution < 1.29 is 4.79 Å². The van der Waals surface area contributed by atoms with Gasteiger partial charge in [0.2, 0.25) is 0 Å². The van der Waals surface area contributed by atoms with Gasteiger partial charge in [-0.3, -0.25) is 4.79 Å². The Morgan fingerprint density at radius 3 is 2.88 bits per heavy atom. The Balaban J connectivity index is 2.17. The third-order valence-electron chi connectivity index (χ3n) is 3.30. The minimum absolute atomic E-state index is 0.221. The minimum atomic E-state index is -0.533. The number of nitrogens with two attached hydrogens (primary N) is 1. The van der Waals surface area contributed by atoms with E-state index >= 15 is 0 Å². The summed E-state index contributed by atoms with van der Waals surface area (Å²) in [5.41, 5.74) is 5.36. The predicted molar refractivity (Wildman–Crippen MR) is 65.8 cm³/mol. The lowest BCUT2D eigenvalue weighted by molar-refractivity contribution is 0.0994. The van der Waals surface area contributed by atoms with E-state index in [1.165, 1.54) is 19.3 Å². The molecule has 2 heterocycles. The molecule has 0 spiro atoms. The molecule has 1 unspecified atom stereocenters. The lowest BCUT2D eigenvalue weighted by Gasteiger charge is -2.35. The first-order chi connectivity index (χ1) is 8.22. The van der Waals surface area contributed by atoms with Crippen LogP contribution in [0.25, 0.3) is 0 Å². The van der Waals surface area contributed by atoms with Crippen molar-refractivity contribution in [3.05, 3.63) is 17.8 Å². The SMILES string of the molecule is CCC1CCCCN1c1ccc(C(N)=O)nn1. The van der Waals surface area contributed by atoms with Gasteiger partial charge in [-0.1, -0.05) is 6.92 Å². The first-order valence-electron chi connectivity index (χ1n) is 6.12. The van der Waals surface area contributed by atoms with Gasteiger partial charge in [0.05, 0.1) is 0 Å². The van der Waals surface area contributed by atoms with Gasteiger partial charge in [0.15, 0.2) is 11.5 Å². The zero-order chi connectivity index (χ0) is 12.3. The Bertz CT molecular complexity index is 390. The summed E-state index contributed by atoms with van der Waals surface area (Å²) < 4.78 is 0. The number of hydrogen-bond donors (Lipinski definition) is 1. The molecular weight excluding hydrogens is 216 g/mol.